The maximum atomic E-state index is 12.9. The molecule has 1 aliphatic heterocycles. The fourth-order valence-electron chi connectivity index (χ4n) is 3.20. The summed E-state index contributed by atoms with van der Waals surface area (Å²) in [4.78, 5) is 39.3. The van der Waals surface area contributed by atoms with Crippen molar-refractivity contribution in [1.29, 1.82) is 0 Å². The second kappa shape index (κ2) is 8.91. The number of hydrogen-bond donors (Lipinski definition) is 0. The molecule has 0 radical (unpaired) electrons. The maximum Gasteiger partial charge on any atom is 0.338 e. The first kappa shape index (κ1) is 20.6. The number of halogens is 1. The number of non-ortho nitro benzene ring substituents is 1. The lowest BCUT2D eigenvalue weighted by Gasteiger charge is -2.36. The van der Waals surface area contributed by atoms with E-state index in [4.69, 9.17) is 16.3 Å². The Morgan fingerprint density at radius 3 is 2.41 bits per heavy atom. The molecule has 8 nitrogen and oxygen atoms in total. The molecule has 1 fully saturated rings. The van der Waals surface area contributed by atoms with Crippen LogP contribution in [-0.4, -0.2) is 54.5 Å². The van der Waals surface area contributed by atoms with Crippen LogP contribution < -0.4 is 4.90 Å². The smallest absolute Gasteiger partial charge is 0.338 e. The van der Waals surface area contributed by atoms with E-state index in [9.17, 15) is 19.7 Å². The van der Waals surface area contributed by atoms with E-state index in [1.165, 1.54) is 12.1 Å². The normalized spacial score (nSPS) is 13.9. The van der Waals surface area contributed by atoms with Gasteiger partial charge in [-0.25, -0.2) is 4.79 Å². The average molecular weight is 418 g/mol. The topological polar surface area (TPSA) is 93.0 Å². The predicted molar refractivity (Wildman–Crippen MR) is 109 cm³/mol. The summed E-state index contributed by atoms with van der Waals surface area (Å²) in [5.74, 6) is -1.05. The number of ether oxygens (including phenoxy) is 1. The van der Waals surface area contributed by atoms with Crippen LogP contribution in [0.1, 0.15) is 27.6 Å². The fraction of sp³-hybridized carbons (Fsp3) is 0.300. The fourth-order valence-corrected chi connectivity index (χ4v) is 3.38. The number of nitro groups is 1. The second-order valence-corrected chi connectivity index (χ2v) is 6.94. The van der Waals surface area contributed by atoms with Crippen LogP contribution in [0.4, 0.5) is 11.4 Å². The van der Waals surface area contributed by atoms with Crippen LogP contribution in [-0.2, 0) is 4.74 Å². The number of benzene rings is 2. The minimum absolute atomic E-state index is 0.0121. The molecule has 2 aromatic carbocycles. The number of amides is 1. The van der Waals surface area contributed by atoms with Crippen molar-refractivity contribution in [3.63, 3.8) is 0 Å². The molecule has 152 valence electrons. The Balaban J connectivity index is 1.76. The number of nitrogens with zero attached hydrogens (tertiary/aromatic N) is 3. The Morgan fingerprint density at radius 2 is 1.79 bits per heavy atom. The third kappa shape index (κ3) is 4.83. The molecule has 1 amide bonds. The van der Waals surface area contributed by atoms with Crippen molar-refractivity contribution in [1.82, 2.24) is 4.90 Å². The van der Waals surface area contributed by atoms with E-state index >= 15 is 0 Å². The molecular weight excluding hydrogens is 398 g/mol. The average Bonchev–Trinajstić information content (AvgIpc) is 2.73. The van der Waals surface area contributed by atoms with Gasteiger partial charge in [0.05, 0.1) is 17.1 Å². The molecule has 0 spiro atoms. The highest BCUT2D eigenvalue weighted by Crippen LogP contribution is 2.23. The zero-order chi connectivity index (χ0) is 21.0. The Kier molecular flexibility index (Phi) is 6.33. The molecule has 29 heavy (non-hydrogen) atoms. The number of esters is 1. The first-order valence-corrected chi connectivity index (χ1v) is 9.53. The minimum atomic E-state index is -0.698. The van der Waals surface area contributed by atoms with Gasteiger partial charge in [-0.2, -0.15) is 0 Å². The van der Waals surface area contributed by atoms with Gasteiger partial charge < -0.3 is 14.5 Å². The Labute approximate surface area is 172 Å². The lowest BCUT2D eigenvalue weighted by atomic mass is 10.1. The van der Waals surface area contributed by atoms with Crippen LogP contribution in [0, 0.1) is 10.1 Å². The van der Waals surface area contributed by atoms with Crippen molar-refractivity contribution >= 4 is 34.9 Å². The van der Waals surface area contributed by atoms with Gasteiger partial charge in [-0.1, -0.05) is 17.7 Å². The SMILES string of the molecule is CCOC(=O)c1cc(C(=O)N2CCN(c3cccc(Cl)c3)CC2)cc([N+](=O)[O-])c1. The van der Waals surface area contributed by atoms with Crippen molar-refractivity contribution in [2.75, 3.05) is 37.7 Å². The Bertz CT molecular complexity index is 941. The molecule has 1 saturated heterocycles. The van der Waals surface area contributed by atoms with Gasteiger partial charge in [0, 0.05) is 54.6 Å². The highest BCUT2D eigenvalue weighted by molar-refractivity contribution is 6.30. The summed E-state index contributed by atoms with van der Waals surface area (Å²) in [7, 11) is 0. The molecule has 0 atom stereocenters. The van der Waals surface area contributed by atoms with Crippen molar-refractivity contribution in [2.24, 2.45) is 0 Å². The number of rotatable bonds is 5. The lowest BCUT2D eigenvalue weighted by molar-refractivity contribution is -0.384. The van der Waals surface area contributed by atoms with Crippen LogP contribution in [0.25, 0.3) is 0 Å². The van der Waals surface area contributed by atoms with Gasteiger partial charge in [-0.3, -0.25) is 14.9 Å². The summed E-state index contributed by atoms with van der Waals surface area (Å²) in [6.45, 7) is 3.88. The first-order valence-electron chi connectivity index (χ1n) is 9.15. The number of piperazine rings is 1. The van der Waals surface area contributed by atoms with Crippen LogP contribution in [0.15, 0.2) is 42.5 Å². The summed E-state index contributed by atoms with van der Waals surface area (Å²) < 4.78 is 4.91. The quantitative estimate of drug-likeness (QED) is 0.420. The van der Waals surface area contributed by atoms with E-state index in [0.717, 1.165) is 11.8 Å². The van der Waals surface area contributed by atoms with Crippen LogP contribution in [0.3, 0.4) is 0 Å². The Hall–Kier alpha value is -3.13. The molecule has 3 rings (SSSR count). The van der Waals surface area contributed by atoms with E-state index in [0.29, 0.717) is 31.2 Å². The van der Waals surface area contributed by atoms with E-state index in [2.05, 4.69) is 4.90 Å². The molecule has 1 heterocycles. The number of anilines is 1. The van der Waals surface area contributed by atoms with Crippen LogP contribution in [0.2, 0.25) is 5.02 Å². The minimum Gasteiger partial charge on any atom is -0.462 e. The van der Waals surface area contributed by atoms with E-state index in [-0.39, 0.29) is 29.3 Å². The van der Waals surface area contributed by atoms with Crippen molar-refractivity contribution < 1.29 is 19.2 Å². The van der Waals surface area contributed by atoms with Crippen molar-refractivity contribution in [3.8, 4) is 0 Å². The number of nitro benzene ring substituents is 1. The summed E-state index contributed by atoms with van der Waals surface area (Å²) in [6, 6.07) is 11.1. The van der Waals surface area contributed by atoms with Gasteiger partial charge in [-0.05, 0) is 31.2 Å². The summed E-state index contributed by atoms with van der Waals surface area (Å²) in [6.07, 6.45) is 0. The third-order valence-electron chi connectivity index (χ3n) is 4.63. The first-order chi connectivity index (χ1) is 13.9. The van der Waals surface area contributed by atoms with Crippen LogP contribution in [0.5, 0.6) is 0 Å². The van der Waals surface area contributed by atoms with Crippen molar-refractivity contribution in [2.45, 2.75) is 6.92 Å². The van der Waals surface area contributed by atoms with Gasteiger partial charge in [0.1, 0.15) is 0 Å². The molecule has 9 heteroatoms. The van der Waals surface area contributed by atoms with Crippen LogP contribution >= 0.6 is 11.6 Å². The number of hydrogen-bond acceptors (Lipinski definition) is 6. The summed E-state index contributed by atoms with van der Waals surface area (Å²) in [5, 5.41) is 11.9. The van der Waals surface area contributed by atoms with Gasteiger partial charge in [0.2, 0.25) is 0 Å². The largest absolute Gasteiger partial charge is 0.462 e. The van der Waals surface area contributed by atoms with Gasteiger partial charge >= 0.3 is 5.97 Å². The molecule has 0 aliphatic carbocycles. The molecule has 0 bridgehead atoms. The highest BCUT2D eigenvalue weighted by atomic mass is 35.5. The van der Waals surface area contributed by atoms with Gasteiger partial charge in [0.15, 0.2) is 0 Å². The zero-order valence-electron chi connectivity index (χ0n) is 15.8. The van der Waals surface area contributed by atoms with E-state index < -0.39 is 10.9 Å². The molecule has 1 aliphatic rings. The van der Waals surface area contributed by atoms with Gasteiger partial charge in [-0.15, -0.1) is 0 Å². The Morgan fingerprint density at radius 1 is 1.10 bits per heavy atom. The van der Waals surface area contributed by atoms with E-state index in [1.807, 2.05) is 18.2 Å². The maximum absolute atomic E-state index is 12.9. The van der Waals surface area contributed by atoms with Crippen molar-refractivity contribution in [3.05, 3.63) is 68.7 Å². The summed E-state index contributed by atoms with van der Waals surface area (Å²) >= 11 is 6.04. The zero-order valence-corrected chi connectivity index (χ0v) is 16.6. The highest BCUT2D eigenvalue weighted by Gasteiger charge is 2.25. The van der Waals surface area contributed by atoms with E-state index in [1.54, 1.807) is 17.9 Å². The summed E-state index contributed by atoms with van der Waals surface area (Å²) in [5.41, 5.74) is 0.737. The third-order valence-corrected chi connectivity index (χ3v) is 4.86. The molecule has 0 unspecified atom stereocenters. The lowest BCUT2D eigenvalue weighted by Crippen LogP contribution is -2.48. The second-order valence-electron chi connectivity index (χ2n) is 6.51. The molecular formula is C20H20ClN3O5. The molecule has 0 saturated carbocycles. The van der Waals surface area contributed by atoms with Gasteiger partial charge in [0.25, 0.3) is 11.6 Å². The number of carbonyl (C=O) groups is 2. The molecule has 0 N–H and O–H groups in total. The number of carbonyl (C=O) groups excluding carboxylic acids is 2. The molecule has 0 aromatic heterocycles. The standard InChI is InChI=1S/C20H20ClN3O5/c1-2-29-20(26)15-10-14(11-18(12-15)24(27)28)19(25)23-8-6-22(7-9-23)17-5-3-4-16(21)13-17/h3-5,10-13H,2,6-9H2,1H3. The monoisotopic (exact) mass is 417 g/mol. The predicted octanol–water partition coefficient (Wildman–Crippen LogP) is 3.39. The molecule has 2 aromatic rings.